The summed E-state index contributed by atoms with van der Waals surface area (Å²) in [4.78, 5) is 19.5. The van der Waals surface area contributed by atoms with Gasteiger partial charge in [-0.15, -0.1) is 0 Å². The minimum Gasteiger partial charge on any atom is -0.497 e. The minimum absolute atomic E-state index is 0.390. The first kappa shape index (κ1) is 19.0. The van der Waals surface area contributed by atoms with Gasteiger partial charge >= 0.3 is 0 Å². The maximum absolute atomic E-state index is 5.47. The molecular weight excluding hydrogens is 390 g/mol. The molecule has 0 amide bonds. The van der Waals surface area contributed by atoms with Crippen molar-refractivity contribution in [1.29, 1.82) is 0 Å². The third-order valence-corrected chi connectivity index (χ3v) is 6.91. The van der Waals surface area contributed by atoms with E-state index in [4.69, 9.17) is 24.4 Å². The molecule has 1 aromatic carbocycles. The number of benzene rings is 1. The van der Waals surface area contributed by atoms with Crippen LogP contribution < -0.4 is 9.64 Å². The van der Waals surface area contributed by atoms with Gasteiger partial charge in [-0.1, -0.05) is 6.07 Å². The second kappa shape index (κ2) is 7.73. The predicted molar refractivity (Wildman–Crippen MR) is 118 cm³/mol. The molecule has 31 heavy (non-hydrogen) atoms. The molecule has 2 bridgehead atoms. The number of pyridine rings is 1. The molecule has 2 fully saturated rings. The fourth-order valence-electron chi connectivity index (χ4n) is 5.27. The first-order valence-electron chi connectivity index (χ1n) is 11.2. The Labute approximate surface area is 182 Å². The van der Waals surface area contributed by atoms with Crippen LogP contribution in [0.3, 0.4) is 0 Å². The smallest absolute Gasteiger partial charge is 0.225 e. The SMILES string of the molecule is COc1ccc2nc(CN3[C@H]4CC[C@@H]3c3cnc(N5CCOCC5)nc3C4)ccc2c1. The van der Waals surface area contributed by atoms with Gasteiger partial charge in [0.2, 0.25) is 5.95 Å². The Kier molecular flexibility index (Phi) is 4.73. The first-order chi connectivity index (χ1) is 15.3. The highest BCUT2D eigenvalue weighted by Crippen LogP contribution is 2.44. The molecule has 3 aromatic rings. The highest BCUT2D eigenvalue weighted by atomic mass is 16.5. The van der Waals surface area contributed by atoms with Crippen LogP contribution in [-0.4, -0.2) is 59.3 Å². The zero-order valence-corrected chi connectivity index (χ0v) is 17.8. The van der Waals surface area contributed by atoms with Crippen LogP contribution in [0.1, 0.15) is 35.8 Å². The molecular formula is C24H27N5O2. The summed E-state index contributed by atoms with van der Waals surface area (Å²) in [6.07, 6.45) is 5.45. The second-order valence-corrected chi connectivity index (χ2v) is 8.66. The number of morpholine rings is 1. The zero-order chi connectivity index (χ0) is 20.8. The molecule has 7 nitrogen and oxygen atoms in total. The summed E-state index contributed by atoms with van der Waals surface area (Å²) in [5, 5.41) is 1.11. The van der Waals surface area contributed by atoms with Crippen molar-refractivity contribution >= 4 is 16.9 Å². The van der Waals surface area contributed by atoms with Crippen LogP contribution in [0, 0.1) is 0 Å². The highest BCUT2D eigenvalue weighted by molar-refractivity contribution is 5.80. The van der Waals surface area contributed by atoms with Crippen molar-refractivity contribution in [3.8, 4) is 5.75 Å². The van der Waals surface area contributed by atoms with Crippen LogP contribution in [0.2, 0.25) is 0 Å². The van der Waals surface area contributed by atoms with Crippen LogP contribution in [0.15, 0.2) is 36.5 Å². The largest absolute Gasteiger partial charge is 0.497 e. The van der Waals surface area contributed by atoms with E-state index in [0.717, 1.165) is 67.6 Å². The molecule has 7 heteroatoms. The molecule has 5 heterocycles. The number of methoxy groups -OCH3 is 1. The van der Waals surface area contributed by atoms with Gasteiger partial charge in [-0.2, -0.15) is 0 Å². The maximum atomic E-state index is 5.47. The lowest BCUT2D eigenvalue weighted by Crippen LogP contribution is -2.40. The summed E-state index contributed by atoms with van der Waals surface area (Å²) in [5.74, 6) is 1.73. The van der Waals surface area contributed by atoms with Gasteiger partial charge in [-0.25, -0.2) is 9.97 Å². The minimum atomic E-state index is 0.390. The number of anilines is 1. The van der Waals surface area contributed by atoms with Gasteiger partial charge < -0.3 is 14.4 Å². The number of rotatable bonds is 4. The molecule has 3 aliphatic rings. The van der Waals surface area contributed by atoms with E-state index in [0.29, 0.717) is 12.1 Å². The van der Waals surface area contributed by atoms with E-state index in [1.54, 1.807) is 7.11 Å². The Bertz CT molecular complexity index is 1110. The van der Waals surface area contributed by atoms with Gasteiger partial charge in [0, 0.05) is 55.3 Å². The van der Waals surface area contributed by atoms with Gasteiger partial charge in [-0.05, 0) is 37.1 Å². The highest BCUT2D eigenvalue weighted by Gasteiger charge is 2.41. The molecule has 0 saturated carbocycles. The Morgan fingerprint density at radius 2 is 2.00 bits per heavy atom. The normalized spacial score (nSPS) is 23.2. The number of nitrogens with zero attached hydrogens (tertiary/aromatic N) is 5. The van der Waals surface area contributed by atoms with Crippen molar-refractivity contribution < 1.29 is 9.47 Å². The van der Waals surface area contributed by atoms with Gasteiger partial charge in [0.25, 0.3) is 0 Å². The van der Waals surface area contributed by atoms with Crippen molar-refractivity contribution in [2.45, 2.75) is 37.9 Å². The monoisotopic (exact) mass is 417 g/mol. The van der Waals surface area contributed by atoms with E-state index < -0.39 is 0 Å². The summed E-state index contributed by atoms with van der Waals surface area (Å²) in [7, 11) is 1.69. The molecule has 0 radical (unpaired) electrons. The Morgan fingerprint density at radius 1 is 1.10 bits per heavy atom. The van der Waals surface area contributed by atoms with Crippen molar-refractivity contribution in [1.82, 2.24) is 19.9 Å². The second-order valence-electron chi connectivity index (χ2n) is 8.66. The molecule has 2 atom stereocenters. The number of hydrogen-bond acceptors (Lipinski definition) is 7. The quantitative estimate of drug-likeness (QED) is 0.646. The van der Waals surface area contributed by atoms with Gasteiger partial charge in [0.05, 0.1) is 37.2 Å². The average Bonchev–Trinajstić information content (AvgIpc) is 3.10. The Morgan fingerprint density at radius 3 is 2.87 bits per heavy atom. The van der Waals surface area contributed by atoms with E-state index >= 15 is 0 Å². The van der Waals surface area contributed by atoms with Crippen molar-refractivity contribution in [3.05, 3.63) is 53.5 Å². The third-order valence-electron chi connectivity index (χ3n) is 6.91. The fourth-order valence-corrected chi connectivity index (χ4v) is 5.27. The maximum Gasteiger partial charge on any atom is 0.225 e. The summed E-state index contributed by atoms with van der Waals surface area (Å²) >= 11 is 0. The first-order valence-corrected chi connectivity index (χ1v) is 11.2. The van der Waals surface area contributed by atoms with Crippen LogP contribution in [-0.2, 0) is 17.7 Å². The van der Waals surface area contributed by atoms with Gasteiger partial charge in [-0.3, -0.25) is 9.88 Å². The molecule has 2 saturated heterocycles. The predicted octanol–water partition coefficient (Wildman–Crippen LogP) is 3.13. The lowest BCUT2D eigenvalue weighted by molar-refractivity contribution is 0.122. The summed E-state index contributed by atoms with van der Waals surface area (Å²) in [5.41, 5.74) is 4.67. The Balaban J connectivity index is 1.25. The van der Waals surface area contributed by atoms with Crippen LogP contribution in [0.5, 0.6) is 5.75 Å². The summed E-state index contributed by atoms with van der Waals surface area (Å²) in [6, 6.07) is 11.3. The molecule has 3 aliphatic heterocycles. The molecule has 2 aromatic heterocycles. The van der Waals surface area contributed by atoms with Gasteiger partial charge in [0.15, 0.2) is 0 Å². The molecule has 0 spiro atoms. The molecule has 160 valence electrons. The van der Waals surface area contributed by atoms with E-state index in [1.165, 1.54) is 24.1 Å². The lowest BCUT2D eigenvalue weighted by atomic mass is 9.99. The topological polar surface area (TPSA) is 63.6 Å². The van der Waals surface area contributed by atoms with Crippen molar-refractivity contribution in [2.75, 3.05) is 38.3 Å². The molecule has 0 unspecified atom stereocenters. The van der Waals surface area contributed by atoms with Gasteiger partial charge in [0.1, 0.15) is 5.75 Å². The van der Waals surface area contributed by atoms with Crippen LogP contribution in [0.4, 0.5) is 5.95 Å². The van der Waals surface area contributed by atoms with Crippen molar-refractivity contribution in [3.63, 3.8) is 0 Å². The third kappa shape index (κ3) is 3.42. The average molecular weight is 418 g/mol. The van der Waals surface area contributed by atoms with E-state index in [-0.39, 0.29) is 0 Å². The number of hydrogen-bond donors (Lipinski definition) is 0. The van der Waals surface area contributed by atoms with Crippen molar-refractivity contribution in [2.24, 2.45) is 0 Å². The lowest BCUT2D eigenvalue weighted by Gasteiger charge is -2.36. The zero-order valence-electron chi connectivity index (χ0n) is 17.8. The Hall–Kier alpha value is -2.77. The molecule has 0 N–H and O–H groups in total. The van der Waals surface area contributed by atoms with E-state index in [1.807, 2.05) is 18.2 Å². The fraction of sp³-hybridized carbons (Fsp3) is 0.458. The van der Waals surface area contributed by atoms with E-state index in [2.05, 4.69) is 28.1 Å². The van der Waals surface area contributed by atoms with Crippen LogP contribution in [0.25, 0.3) is 10.9 Å². The summed E-state index contributed by atoms with van der Waals surface area (Å²) < 4.78 is 10.8. The van der Waals surface area contributed by atoms with Crippen LogP contribution >= 0.6 is 0 Å². The molecule has 6 rings (SSSR count). The number of ether oxygens (including phenoxy) is 2. The molecule has 0 aliphatic carbocycles. The number of aromatic nitrogens is 3. The standard InChI is InChI=1S/C24H27N5O2/c1-30-19-5-6-21-16(12-19)2-3-17(26-21)15-29-18-4-7-23(29)20-14-25-24(27-22(20)13-18)28-8-10-31-11-9-28/h2-3,5-6,12,14,18,23H,4,7-11,13,15H2,1H3/t18-,23+/m0/s1. The number of fused-ring (bicyclic) bond motifs is 5. The summed E-state index contributed by atoms with van der Waals surface area (Å²) in [6.45, 7) is 4.12. The van der Waals surface area contributed by atoms with E-state index in [9.17, 15) is 0 Å².